The molecule has 10 atom stereocenters. The van der Waals surface area contributed by atoms with Crippen molar-refractivity contribution < 1.29 is 51.1 Å². The van der Waals surface area contributed by atoms with Crippen LogP contribution in [0.1, 0.15) is 33.2 Å². The topological polar surface area (TPSA) is 298 Å². The fourth-order valence-corrected chi connectivity index (χ4v) is 9.48. The number of aliphatic hydroxyl groups is 1. The number of phosphoric acid groups is 1. The number of aromatic amines is 1. The number of anilines is 2. The zero-order chi connectivity index (χ0) is 37.5. The van der Waals surface area contributed by atoms with Crippen LogP contribution in [0.4, 0.5) is 11.8 Å². The number of imidazole rings is 2. The Labute approximate surface area is 296 Å². The van der Waals surface area contributed by atoms with E-state index in [0.717, 1.165) is 0 Å². The molecule has 22 nitrogen and oxygen atoms in total. The van der Waals surface area contributed by atoms with E-state index in [-0.39, 0.29) is 39.1 Å². The Morgan fingerprint density at radius 3 is 2.31 bits per heavy atom. The van der Waals surface area contributed by atoms with Gasteiger partial charge in [0.1, 0.15) is 48.5 Å². The van der Waals surface area contributed by atoms with E-state index in [1.165, 1.54) is 34.8 Å². The maximum Gasteiger partial charge on any atom is 0.472 e. The number of phosphoric ester groups is 1. The number of rotatable bonds is 4. The average Bonchev–Trinajstić information content (AvgIpc) is 3.80. The summed E-state index contributed by atoms with van der Waals surface area (Å²) in [6.07, 6.45) is -6.65. The third-order valence-corrected chi connectivity index (χ3v) is 16.4. The average molecular weight is 787 g/mol. The molecular weight excluding hydrogens is 746 g/mol. The third kappa shape index (κ3) is 6.73. The molecule has 0 spiro atoms. The highest BCUT2D eigenvalue weighted by molar-refractivity contribution is 7.53. The van der Waals surface area contributed by atoms with Crippen molar-refractivity contribution in [3.63, 3.8) is 0 Å². The van der Waals surface area contributed by atoms with Gasteiger partial charge in [0, 0.05) is 6.66 Å². The second-order valence-corrected chi connectivity index (χ2v) is 22.5. The molecule has 3 aliphatic rings. The number of nitrogens with two attached hydrogens (primary N) is 2. The number of aromatic nitrogens is 8. The minimum Gasteiger partial charge on any atom is -0.408 e. The number of hydrogen-bond acceptors (Lipinski definition) is 18. The van der Waals surface area contributed by atoms with Gasteiger partial charge in [0.2, 0.25) is 5.95 Å². The highest BCUT2D eigenvalue weighted by atomic mass is 31.2. The largest absolute Gasteiger partial charge is 0.472 e. The number of hydrogen-bond donors (Lipinski definition) is 5. The second-order valence-electron chi connectivity index (χ2n) is 14.3. The molecule has 7 N–H and O–H groups in total. The van der Waals surface area contributed by atoms with Crippen molar-refractivity contribution in [3.8, 4) is 0 Å². The molecule has 0 saturated carbocycles. The molecule has 0 radical (unpaired) electrons. The van der Waals surface area contributed by atoms with Gasteiger partial charge in [0.15, 0.2) is 43.4 Å². The van der Waals surface area contributed by atoms with E-state index in [0.29, 0.717) is 0 Å². The fraction of sp³-hybridized carbons (Fsp3) is 0.630. The molecule has 3 fully saturated rings. The van der Waals surface area contributed by atoms with Crippen molar-refractivity contribution in [1.29, 1.82) is 0 Å². The van der Waals surface area contributed by atoms with Crippen molar-refractivity contribution >= 4 is 57.8 Å². The Hall–Kier alpha value is -3.18. The molecule has 7 rings (SSSR count). The van der Waals surface area contributed by atoms with Crippen LogP contribution >= 0.6 is 15.4 Å². The summed E-state index contributed by atoms with van der Waals surface area (Å²) in [6, 6.07) is 0. The second kappa shape index (κ2) is 13.0. The summed E-state index contributed by atoms with van der Waals surface area (Å²) in [5.41, 5.74) is 11.6. The van der Waals surface area contributed by atoms with Crippen LogP contribution in [0.2, 0.25) is 18.1 Å². The van der Waals surface area contributed by atoms with Crippen LogP contribution in [0.15, 0.2) is 23.8 Å². The van der Waals surface area contributed by atoms with Crippen LogP contribution in [0.3, 0.4) is 0 Å². The van der Waals surface area contributed by atoms with Gasteiger partial charge in [-0.2, -0.15) is 4.98 Å². The van der Waals surface area contributed by atoms with Crippen molar-refractivity contribution in [2.24, 2.45) is 0 Å². The Morgan fingerprint density at radius 2 is 1.60 bits per heavy atom. The zero-order valence-corrected chi connectivity index (χ0v) is 31.7. The van der Waals surface area contributed by atoms with Gasteiger partial charge in [-0.25, -0.2) is 24.5 Å². The normalized spacial score (nSPS) is 34.9. The zero-order valence-electron chi connectivity index (χ0n) is 28.9. The minimum atomic E-state index is -5.02. The number of ether oxygens (including phenoxy) is 2. The van der Waals surface area contributed by atoms with Gasteiger partial charge in [-0.3, -0.25) is 37.0 Å². The van der Waals surface area contributed by atoms with Crippen LogP contribution in [-0.2, 0) is 41.1 Å². The van der Waals surface area contributed by atoms with Gasteiger partial charge in [0.05, 0.1) is 25.9 Å². The molecule has 0 aliphatic carbocycles. The molecule has 52 heavy (non-hydrogen) atoms. The molecule has 6 unspecified atom stereocenters. The van der Waals surface area contributed by atoms with Crippen molar-refractivity contribution in [3.05, 3.63) is 29.3 Å². The van der Waals surface area contributed by atoms with Crippen LogP contribution in [0.5, 0.6) is 0 Å². The van der Waals surface area contributed by atoms with E-state index < -0.39 is 91.6 Å². The number of nitrogen functional groups attached to an aromatic ring is 2. The Bertz CT molecular complexity index is 2160. The van der Waals surface area contributed by atoms with Crippen LogP contribution in [0.25, 0.3) is 22.3 Å². The lowest BCUT2D eigenvalue weighted by Gasteiger charge is -2.40. The highest BCUT2D eigenvalue weighted by Crippen LogP contribution is 2.55. The number of nitrogens with one attached hydrogen (secondary N) is 1. The van der Waals surface area contributed by atoms with Gasteiger partial charge in [0.25, 0.3) is 5.56 Å². The molecule has 7 heterocycles. The summed E-state index contributed by atoms with van der Waals surface area (Å²) < 4.78 is 73.0. The number of nitrogens with zero attached hydrogens (tertiary/aromatic N) is 7. The van der Waals surface area contributed by atoms with E-state index in [2.05, 4.69) is 29.9 Å². The van der Waals surface area contributed by atoms with E-state index in [4.69, 9.17) is 43.5 Å². The highest BCUT2D eigenvalue weighted by Gasteiger charge is 2.56. The molecule has 4 aromatic rings. The summed E-state index contributed by atoms with van der Waals surface area (Å²) >= 11 is 0. The molecule has 3 saturated heterocycles. The number of H-pyrrole nitrogens is 1. The number of aliphatic hydroxyl groups excluding tert-OH is 1. The maximum absolute atomic E-state index is 14.3. The molecule has 25 heteroatoms. The van der Waals surface area contributed by atoms with E-state index >= 15 is 0 Å². The van der Waals surface area contributed by atoms with Gasteiger partial charge in [-0.05, 0) is 18.1 Å². The summed E-state index contributed by atoms with van der Waals surface area (Å²) in [7, 11) is -11.8. The summed E-state index contributed by atoms with van der Waals surface area (Å²) in [5, 5.41) is 11.1. The standard InChI is InChI=1S/C27H40N10O12P2Si/c1-27(2,3)52(5,6)49-18-13-8-44-51(41,42)48-17-12(45-24(16(17)38)36-10-32-14-20(28)30-9-31-21(14)36)7-43-50(4,40)47-19(18)25(46-13)37-11-33-15-22(37)34-26(29)35-23(15)39/h9-13,16-19,24-25,38H,7-8H2,1-6H3,(H,41,42)(H2,28,30,31)(H3,29,34,35,39)/t12-,13-,16?,17?,18?,19?,24-,25-,50?/m1/s1. The summed E-state index contributed by atoms with van der Waals surface area (Å²) in [5.74, 6) is -0.115. The van der Waals surface area contributed by atoms with Gasteiger partial charge in [-0.1, -0.05) is 20.8 Å². The predicted molar refractivity (Wildman–Crippen MR) is 183 cm³/mol. The quantitative estimate of drug-likeness (QED) is 0.144. The van der Waals surface area contributed by atoms with Crippen LogP contribution < -0.4 is 17.0 Å². The molecule has 0 aromatic carbocycles. The molecule has 0 amide bonds. The van der Waals surface area contributed by atoms with Crippen molar-refractivity contribution in [1.82, 2.24) is 39.0 Å². The fourth-order valence-electron chi connectivity index (χ4n) is 6.05. The Balaban J connectivity index is 1.27. The lowest BCUT2D eigenvalue weighted by atomic mass is 10.1. The summed E-state index contributed by atoms with van der Waals surface area (Å²) in [4.78, 5) is 46.8. The lowest BCUT2D eigenvalue weighted by Crippen LogP contribution is -2.50. The maximum atomic E-state index is 14.3. The smallest absolute Gasteiger partial charge is 0.408 e. The predicted octanol–water partition coefficient (Wildman–Crippen LogP) is 1.41. The first-order chi connectivity index (χ1) is 24.3. The van der Waals surface area contributed by atoms with Crippen LogP contribution in [0, 0.1) is 0 Å². The molecular formula is C27H40N10O12P2Si. The summed E-state index contributed by atoms with van der Waals surface area (Å²) in [6.45, 7) is 10.0. The van der Waals surface area contributed by atoms with E-state index in [1.807, 2.05) is 33.9 Å². The molecule has 284 valence electrons. The first-order valence-corrected chi connectivity index (χ1v) is 22.5. The molecule has 2 bridgehead atoms. The lowest BCUT2D eigenvalue weighted by molar-refractivity contribution is -0.0626. The SMILES string of the molecule is CC(C)(C)[Si](C)(C)OC1C2OP(C)(=O)OC[C@H]3O[C@@H](n4cnc5c(N)ncnc54)C(O)C3OP(=O)(O)OC[C@H]1O[C@H]2n1cnc2c(=O)[nH]c(N)nc21. The van der Waals surface area contributed by atoms with E-state index in [9.17, 15) is 23.9 Å². The van der Waals surface area contributed by atoms with Gasteiger partial charge >= 0.3 is 15.4 Å². The van der Waals surface area contributed by atoms with E-state index in [1.54, 1.807) is 0 Å². The first-order valence-electron chi connectivity index (χ1n) is 16.1. The molecule has 4 aromatic heterocycles. The Morgan fingerprint density at radius 1 is 0.942 bits per heavy atom. The van der Waals surface area contributed by atoms with Crippen molar-refractivity contribution in [2.75, 3.05) is 31.3 Å². The first kappa shape index (κ1) is 37.1. The minimum absolute atomic E-state index is 0.0258. The number of fused-ring (bicyclic) bond motifs is 5. The van der Waals surface area contributed by atoms with Gasteiger partial charge < -0.3 is 39.9 Å². The third-order valence-electron chi connectivity index (χ3n) is 9.66. The van der Waals surface area contributed by atoms with Gasteiger partial charge in [-0.15, -0.1) is 0 Å². The molecule has 3 aliphatic heterocycles. The monoisotopic (exact) mass is 786 g/mol. The van der Waals surface area contributed by atoms with Crippen LogP contribution in [-0.4, -0.2) is 114 Å². The van der Waals surface area contributed by atoms with Crippen molar-refractivity contribution in [2.45, 2.75) is 88.0 Å². The Kier molecular flexibility index (Phi) is 9.28.